The van der Waals surface area contributed by atoms with Gasteiger partial charge in [-0.3, -0.25) is 9.36 Å². The Bertz CT molecular complexity index is 2050. The summed E-state index contributed by atoms with van der Waals surface area (Å²) in [7, 11) is 0. The van der Waals surface area contributed by atoms with Crippen LogP contribution >= 0.6 is 11.3 Å². The van der Waals surface area contributed by atoms with Crippen molar-refractivity contribution in [3.63, 3.8) is 0 Å². The molecule has 2 heterocycles. The van der Waals surface area contributed by atoms with E-state index in [9.17, 15) is 9.59 Å². The van der Waals surface area contributed by atoms with E-state index in [0.29, 0.717) is 33.1 Å². The van der Waals surface area contributed by atoms with Gasteiger partial charge in [0.1, 0.15) is 12.4 Å². The third-order valence-corrected chi connectivity index (χ3v) is 8.87. The van der Waals surface area contributed by atoms with Crippen molar-refractivity contribution in [1.29, 1.82) is 0 Å². The maximum Gasteiger partial charge on any atom is 0.338 e. The molecule has 6 rings (SSSR count). The summed E-state index contributed by atoms with van der Waals surface area (Å²) < 4.78 is 13.7. The van der Waals surface area contributed by atoms with Gasteiger partial charge >= 0.3 is 5.97 Å². The van der Waals surface area contributed by atoms with Crippen LogP contribution in [0.15, 0.2) is 112 Å². The number of esters is 1. The number of hydrogen-bond acceptors (Lipinski definition) is 6. The molecular formula is C37H34N2O4S. The van der Waals surface area contributed by atoms with Crippen LogP contribution in [-0.2, 0) is 16.1 Å². The van der Waals surface area contributed by atoms with Crippen molar-refractivity contribution in [3.8, 4) is 5.75 Å². The SMILES string of the molecule is CCOC(=O)C1=C(C)N=c2s/c(=C\c3ccc(OCc4cccc5ccccc45)cc3)c(=O)n2[C@H]1c1ccc(C(C)C)cc1. The molecule has 0 bridgehead atoms. The summed E-state index contributed by atoms with van der Waals surface area (Å²) in [5.41, 5.74) is 4.76. The lowest BCUT2D eigenvalue weighted by atomic mass is 9.93. The normalized spacial score (nSPS) is 14.9. The predicted molar refractivity (Wildman–Crippen MR) is 176 cm³/mol. The summed E-state index contributed by atoms with van der Waals surface area (Å²) in [5.74, 6) is 0.652. The average molecular weight is 603 g/mol. The molecule has 0 N–H and O–H groups in total. The first-order valence-corrected chi connectivity index (χ1v) is 15.6. The summed E-state index contributed by atoms with van der Waals surface area (Å²) in [4.78, 5) is 32.3. The predicted octanol–water partition coefficient (Wildman–Crippen LogP) is 6.65. The Morgan fingerprint density at radius 1 is 0.977 bits per heavy atom. The molecule has 0 fully saturated rings. The monoisotopic (exact) mass is 602 g/mol. The fraction of sp³-hybridized carbons (Fsp3) is 0.216. The van der Waals surface area contributed by atoms with Crippen LogP contribution in [0.2, 0.25) is 0 Å². The van der Waals surface area contributed by atoms with Crippen molar-refractivity contribution < 1.29 is 14.3 Å². The molecule has 222 valence electrons. The highest BCUT2D eigenvalue weighted by Gasteiger charge is 2.33. The number of nitrogens with zero attached hydrogens (tertiary/aromatic N) is 2. The van der Waals surface area contributed by atoms with Crippen molar-refractivity contribution in [3.05, 3.63) is 144 Å². The maximum absolute atomic E-state index is 13.9. The first-order valence-electron chi connectivity index (χ1n) is 14.8. The molecule has 0 aliphatic carbocycles. The second-order valence-electron chi connectivity index (χ2n) is 11.1. The van der Waals surface area contributed by atoms with Crippen LogP contribution in [0.4, 0.5) is 0 Å². The van der Waals surface area contributed by atoms with Crippen molar-refractivity contribution in [2.24, 2.45) is 4.99 Å². The van der Waals surface area contributed by atoms with E-state index in [2.05, 4.69) is 55.2 Å². The summed E-state index contributed by atoms with van der Waals surface area (Å²) in [5, 5.41) is 2.36. The average Bonchev–Trinajstić information content (AvgIpc) is 3.33. The Labute approximate surface area is 260 Å². The Hall–Kier alpha value is -4.75. The summed E-state index contributed by atoms with van der Waals surface area (Å²) >= 11 is 1.32. The molecule has 7 heteroatoms. The highest BCUT2D eigenvalue weighted by atomic mass is 32.1. The third kappa shape index (κ3) is 5.75. The lowest BCUT2D eigenvalue weighted by Gasteiger charge is -2.25. The molecule has 0 unspecified atom stereocenters. The second-order valence-corrected chi connectivity index (χ2v) is 12.1. The van der Waals surface area contributed by atoms with Crippen molar-refractivity contribution in [1.82, 2.24) is 4.57 Å². The van der Waals surface area contributed by atoms with Gasteiger partial charge in [0.25, 0.3) is 5.56 Å². The number of allylic oxidation sites excluding steroid dienone is 1. The standard InChI is InChI=1S/C37H34N2O4S/c1-5-42-36(41)33-24(4)38-37-39(34(33)28-17-15-26(16-18-28)23(2)3)35(40)32(44-37)21-25-13-19-30(20-14-25)43-22-29-11-8-10-27-9-6-7-12-31(27)29/h6-21,23,34H,5,22H2,1-4H3/b32-21-/t34-/m0/s1. The fourth-order valence-electron chi connectivity index (χ4n) is 5.56. The Morgan fingerprint density at radius 3 is 2.43 bits per heavy atom. The van der Waals surface area contributed by atoms with Crippen LogP contribution in [-0.4, -0.2) is 17.1 Å². The van der Waals surface area contributed by atoms with E-state index in [-0.39, 0.29) is 12.2 Å². The van der Waals surface area contributed by atoms with E-state index in [1.165, 1.54) is 27.7 Å². The zero-order valence-corrected chi connectivity index (χ0v) is 26.1. The molecule has 1 aliphatic heterocycles. The largest absolute Gasteiger partial charge is 0.489 e. The summed E-state index contributed by atoms with van der Waals surface area (Å²) in [6, 6.07) is 29.7. The topological polar surface area (TPSA) is 69.9 Å². The van der Waals surface area contributed by atoms with E-state index in [1.807, 2.05) is 60.7 Å². The van der Waals surface area contributed by atoms with Gasteiger partial charge in [-0.25, -0.2) is 9.79 Å². The van der Waals surface area contributed by atoms with E-state index in [1.54, 1.807) is 18.4 Å². The molecule has 0 saturated heterocycles. The minimum absolute atomic E-state index is 0.197. The Balaban J connectivity index is 1.32. The number of aromatic nitrogens is 1. The van der Waals surface area contributed by atoms with Gasteiger partial charge in [0, 0.05) is 0 Å². The van der Waals surface area contributed by atoms with Crippen LogP contribution < -0.4 is 19.6 Å². The molecule has 1 aromatic heterocycles. The molecule has 0 spiro atoms. The molecule has 0 saturated carbocycles. The van der Waals surface area contributed by atoms with Gasteiger partial charge in [-0.2, -0.15) is 0 Å². The van der Waals surface area contributed by atoms with Crippen molar-refractivity contribution >= 4 is 34.2 Å². The smallest absolute Gasteiger partial charge is 0.338 e. The van der Waals surface area contributed by atoms with Gasteiger partial charge in [0.05, 0.1) is 28.5 Å². The van der Waals surface area contributed by atoms with Crippen molar-refractivity contribution in [2.45, 2.75) is 46.3 Å². The third-order valence-electron chi connectivity index (χ3n) is 7.89. The molecule has 1 aliphatic rings. The Morgan fingerprint density at radius 2 is 1.70 bits per heavy atom. The minimum atomic E-state index is -0.626. The van der Waals surface area contributed by atoms with Crippen LogP contribution in [0.3, 0.4) is 0 Å². The van der Waals surface area contributed by atoms with Gasteiger partial charge in [-0.15, -0.1) is 0 Å². The Kier molecular flexibility index (Phi) is 8.31. The fourth-order valence-corrected chi connectivity index (χ4v) is 6.61. The molecule has 6 nitrogen and oxygen atoms in total. The first kappa shape index (κ1) is 29.3. The number of fused-ring (bicyclic) bond motifs is 2. The molecular weight excluding hydrogens is 568 g/mol. The molecule has 0 radical (unpaired) electrons. The summed E-state index contributed by atoms with van der Waals surface area (Å²) in [6.45, 7) is 8.54. The lowest BCUT2D eigenvalue weighted by molar-refractivity contribution is -0.139. The molecule has 44 heavy (non-hydrogen) atoms. The van der Waals surface area contributed by atoms with Crippen LogP contribution in [0.25, 0.3) is 16.8 Å². The molecule has 0 amide bonds. The summed E-state index contributed by atoms with van der Waals surface area (Å²) in [6.07, 6.45) is 1.86. The minimum Gasteiger partial charge on any atom is -0.489 e. The zero-order valence-electron chi connectivity index (χ0n) is 25.2. The van der Waals surface area contributed by atoms with Crippen LogP contribution in [0, 0.1) is 0 Å². The van der Waals surface area contributed by atoms with Gasteiger partial charge in [-0.05, 0) is 71.0 Å². The zero-order chi connectivity index (χ0) is 30.8. The van der Waals surface area contributed by atoms with E-state index < -0.39 is 12.0 Å². The second kappa shape index (κ2) is 12.5. The number of carbonyl (C=O) groups excluding carboxylic acids is 1. The number of thiazole rings is 1. The quantitative estimate of drug-likeness (QED) is 0.187. The lowest BCUT2D eigenvalue weighted by Crippen LogP contribution is -2.39. The maximum atomic E-state index is 13.9. The van der Waals surface area contributed by atoms with Crippen LogP contribution in [0.1, 0.15) is 61.9 Å². The molecule has 4 aromatic carbocycles. The van der Waals surface area contributed by atoms with Gasteiger partial charge in [-0.1, -0.05) is 104 Å². The number of ether oxygens (including phenoxy) is 2. The van der Waals surface area contributed by atoms with Crippen LogP contribution in [0.5, 0.6) is 5.75 Å². The van der Waals surface area contributed by atoms with E-state index in [0.717, 1.165) is 22.4 Å². The highest BCUT2D eigenvalue weighted by Crippen LogP contribution is 2.31. The molecule has 5 aromatic rings. The van der Waals surface area contributed by atoms with E-state index in [4.69, 9.17) is 9.47 Å². The molecule has 1 atom stereocenters. The number of hydrogen-bond donors (Lipinski definition) is 0. The van der Waals surface area contributed by atoms with Gasteiger partial charge in [0.2, 0.25) is 0 Å². The first-order chi connectivity index (χ1) is 21.3. The number of benzene rings is 4. The number of rotatable bonds is 8. The number of carbonyl (C=O) groups is 1. The van der Waals surface area contributed by atoms with Crippen molar-refractivity contribution in [2.75, 3.05) is 6.61 Å². The highest BCUT2D eigenvalue weighted by molar-refractivity contribution is 7.07. The van der Waals surface area contributed by atoms with E-state index >= 15 is 0 Å². The van der Waals surface area contributed by atoms with Gasteiger partial charge in [0.15, 0.2) is 4.80 Å². The van der Waals surface area contributed by atoms with Gasteiger partial charge < -0.3 is 9.47 Å².